The highest BCUT2D eigenvalue weighted by Crippen LogP contribution is 2.24. The van der Waals surface area contributed by atoms with Gasteiger partial charge < -0.3 is 15.3 Å². The van der Waals surface area contributed by atoms with Crippen molar-refractivity contribution in [1.29, 1.82) is 0 Å². The second-order valence-electron chi connectivity index (χ2n) is 4.25. The third-order valence-electron chi connectivity index (χ3n) is 2.88. The zero-order valence-electron chi connectivity index (χ0n) is 11.2. The summed E-state index contributed by atoms with van der Waals surface area (Å²) in [6.45, 7) is 7.94. The summed E-state index contributed by atoms with van der Waals surface area (Å²) in [6.07, 6.45) is 1.14. The number of anilines is 1. The number of rotatable bonds is 8. The van der Waals surface area contributed by atoms with Crippen LogP contribution in [0.25, 0.3) is 0 Å². The molecule has 1 rings (SSSR count). The SMILES string of the molecule is CCCNCc1cc(Br)ccc1N(CC)CCO. The van der Waals surface area contributed by atoms with E-state index >= 15 is 0 Å². The molecular formula is C14H23BrN2O. The molecule has 0 bridgehead atoms. The predicted molar refractivity (Wildman–Crippen MR) is 81.1 cm³/mol. The van der Waals surface area contributed by atoms with Crippen LogP contribution in [-0.4, -0.2) is 31.3 Å². The molecule has 0 spiro atoms. The molecule has 0 saturated carbocycles. The van der Waals surface area contributed by atoms with E-state index in [0.717, 1.165) is 30.5 Å². The quantitative estimate of drug-likeness (QED) is 0.724. The Morgan fingerprint density at radius 3 is 2.72 bits per heavy atom. The molecule has 0 aliphatic rings. The summed E-state index contributed by atoms with van der Waals surface area (Å²) in [5.41, 5.74) is 2.48. The summed E-state index contributed by atoms with van der Waals surface area (Å²) in [7, 11) is 0. The zero-order valence-corrected chi connectivity index (χ0v) is 12.8. The van der Waals surface area contributed by atoms with E-state index < -0.39 is 0 Å². The molecule has 0 unspecified atom stereocenters. The van der Waals surface area contributed by atoms with Crippen molar-refractivity contribution in [3.8, 4) is 0 Å². The number of aliphatic hydroxyl groups is 1. The Balaban J connectivity index is 2.86. The first-order valence-electron chi connectivity index (χ1n) is 6.57. The van der Waals surface area contributed by atoms with Gasteiger partial charge in [-0.1, -0.05) is 22.9 Å². The Morgan fingerprint density at radius 2 is 2.11 bits per heavy atom. The molecular weight excluding hydrogens is 292 g/mol. The van der Waals surface area contributed by atoms with Crippen LogP contribution in [0, 0.1) is 0 Å². The number of nitrogens with one attached hydrogen (secondary N) is 1. The van der Waals surface area contributed by atoms with Crippen LogP contribution >= 0.6 is 15.9 Å². The van der Waals surface area contributed by atoms with Gasteiger partial charge in [0.1, 0.15) is 0 Å². The highest BCUT2D eigenvalue weighted by molar-refractivity contribution is 9.10. The lowest BCUT2D eigenvalue weighted by Crippen LogP contribution is -2.28. The molecule has 18 heavy (non-hydrogen) atoms. The average Bonchev–Trinajstić information content (AvgIpc) is 2.37. The van der Waals surface area contributed by atoms with E-state index in [2.05, 4.69) is 58.2 Å². The van der Waals surface area contributed by atoms with E-state index in [1.807, 2.05) is 0 Å². The van der Waals surface area contributed by atoms with E-state index in [1.165, 1.54) is 11.3 Å². The Bertz CT molecular complexity index is 358. The third-order valence-corrected chi connectivity index (χ3v) is 3.37. The number of nitrogens with zero attached hydrogens (tertiary/aromatic N) is 1. The molecule has 0 aromatic heterocycles. The standard InChI is InChI=1S/C14H23BrN2O/c1-3-7-16-11-12-10-13(15)5-6-14(12)17(4-2)8-9-18/h5-6,10,16,18H,3-4,7-9,11H2,1-2H3. The van der Waals surface area contributed by atoms with E-state index in [-0.39, 0.29) is 6.61 Å². The minimum absolute atomic E-state index is 0.186. The number of hydrogen-bond acceptors (Lipinski definition) is 3. The number of hydrogen-bond donors (Lipinski definition) is 2. The summed E-state index contributed by atoms with van der Waals surface area (Å²) in [6, 6.07) is 6.32. The van der Waals surface area contributed by atoms with Crippen molar-refractivity contribution in [2.45, 2.75) is 26.8 Å². The molecule has 0 radical (unpaired) electrons. The molecule has 4 heteroatoms. The summed E-state index contributed by atoms with van der Waals surface area (Å²) in [4.78, 5) is 2.20. The maximum absolute atomic E-state index is 9.12. The molecule has 0 fully saturated rings. The average molecular weight is 315 g/mol. The highest BCUT2D eigenvalue weighted by atomic mass is 79.9. The Morgan fingerprint density at radius 1 is 1.33 bits per heavy atom. The molecule has 0 aliphatic heterocycles. The maximum Gasteiger partial charge on any atom is 0.0606 e. The van der Waals surface area contributed by atoms with Crippen LogP contribution in [0.3, 0.4) is 0 Å². The molecule has 2 N–H and O–H groups in total. The lowest BCUT2D eigenvalue weighted by Gasteiger charge is -2.25. The lowest BCUT2D eigenvalue weighted by molar-refractivity contribution is 0.302. The highest BCUT2D eigenvalue weighted by Gasteiger charge is 2.09. The zero-order chi connectivity index (χ0) is 13.4. The number of benzene rings is 1. The van der Waals surface area contributed by atoms with Crippen LogP contribution in [-0.2, 0) is 6.54 Å². The first kappa shape index (κ1) is 15.5. The Labute approximate surface area is 118 Å². The fourth-order valence-electron chi connectivity index (χ4n) is 1.97. The Hall–Kier alpha value is -0.580. The summed E-state index contributed by atoms with van der Waals surface area (Å²) >= 11 is 3.52. The second-order valence-corrected chi connectivity index (χ2v) is 5.17. The van der Waals surface area contributed by atoms with Gasteiger partial charge in [0.05, 0.1) is 6.61 Å². The molecule has 3 nitrogen and oxygen atoms in total. The summed E-state index contributed by atoms with van der Waals surface area (Å²) in [5.74, 6) is 0. The van der Waals surface area contributed by atoms with E-state index in [1.54, 1.807) is 0 Å². The van der Waals surface area contributed by atoms with Crippen molar-refractivity contribution in [2.24, 2.45) is 0 Å². The number of halogens is 1. The predicted octanol–water partition coefficient (Wildman–Crippen LogP) is 2.77. The molecule has 0 atom stereocenters. The summed E-state index contributed by atoms with van der Waals surface area (Å²) < 4.78 is 1.10. The normalized spacial score (nSPS) is 10.7. The van der Waals surface area contributed by atoms with E-state index in [0.29, 0.717) is 6.54 Å². The fourth-order valence-corrected chi connectivity index (χ4v) is 2.38. The van der Waals surface area contributed by atoms with Gasteiger partial charge in [-0.05, 0) is 43.7 Å². The van der Waals surface area contributed by atoms with E-state index in [9.17, 15) is 0 Å². The minimum Gasteiger partial charge on any atom is -0.395 e. The van der Waals surface area contributed by atoms with Crippen molar-refractivity contribution in [3.63, 3.8) is 0 Å². The molecule has 0 aliphatic carbocycles. The Kier molecular flexibility index (Phi) is 7.32. The fraction of sp³-hybridized carbons (Fsp3) is 0.571. The van der Waals surface area contributed by atoms with Gasteiger partial charge >= 0.3 is 0 Å². The number of aliphatic hydroxyl groups excluding tert-OH is 1. The van der Waals surface area contributed by atoms with Gasteiger partial charge in [-0.3, -0.25) is 0 Å². The maximum atomic E-state index is 9.12. The van der Waals surface area contributed by atoms with Gasteiger partial charge in [-0.25, -0.2) is 0 Å². The smallest absolute Gasteiger partial charge is 0.0606 e. The molecule has 0 heterocycles. The van der Waals surface area contributed by atoms with Gasteiger partial charge in [-0.2, -0.15) is 0 Å². The molecule has 0 saturated heterocycles. The number of likely N-dealkylation sites (N-methyl/N-ethyl adjacent to an activating group) is 1. The van der Waals surface area contributed by atoms with Crippen molar-refractivity contribution in [3.05, 3.63) is 28.2 Å². The van der Waals surface area contributed by atoms with Crippen LogP contribution in [0.5, 0.6) is 0 Å². The monoisotopic (exact) mass is 314 g/mol. The van der Waals surface area contributed by atoms with Crippen molar-refractivity contribution in [1.82, 2.24) is 5.32 Å². The van der Waals surface area contributed by atoms with Gasteiger partial charge in [0.2, 0.25) is 0 Å². The first-order chi connectivity index (χ1) is 8.72. The molecule has 1 aromatic carbocycles. The molecule has 102 valence electrons. The first-order valence-corrected chi connectivity index (χ1v) is 7.37. The van der Waals surface area contributed by atoms with Crippen LogP contribution < -0.4 is 10.2 Å². The van der Waals surface area contributed by atoms with Crippen LogP contribution in [0.4, 0.5) is 5.69 Å². The van der Waals surface area contributed by atoms with Crippen LogP contribution in [0.2, 0.25) is 0 Å². The topological polar surface area (TPSA) is 35.5 Å². The van der Waals surface area contributed by atoms with Crippen molar-refractivity contribution < 1.29 is 5.11 Å². The second kappa shape index (κ2) is 8.51. The van der Waals surface area contributed by atoms with Gasteiger partial charge in [0.25, 0.3) is 0 Å². The van der Waals surface area contributed by atoms with Gasteiger partial charge in [0, 0.05) is 29.8 Å². The van der Waals surface area contributed by atoms with Crippen molar-refractivity contribution in [2.75, 3.05) is 31.1 Å². The van der Waals surface area contributed by atoms with Crippen LogP contribution in [0.1, 0.15) is 25.8 Å². The third kappa shape index (κ3) is 4.59. The summed E-state index contributed by atoms with van der Waals surface area (Å²) in [5, 5.41) is 12.6. The minimum atomic E-state index is 0.186. The molecule has 0 amide bonds. The largest absolute Gasteiger partial charge is 0.395 e. The van der Waals surface area contributed by atoms with Crippen LogP contribution in [0.15, 0.2) is 22.7 Å². The van der Waals surface area contributed by atoms with Gasteiger partial charge in [-0.15, -0.1) is 0 Å². The molecule has 1 aromatic rings. The lowest BCUT2D eigenvalue weighted by atomic mass is 10.1. The van der Waals surface area contributed by atoms with E-state index in [4.69, 9.17) is 5.11 Å². The van der Waals surface area contributed by atoms with Gasteiger partial charge in [0.15, 0.2) is 0 Å². The van der Waals surface area contributed by atoms with Crippen molar-refractivity contribution >= 4 is 21.6 Å².